The number of H-pyrrole nitrogens is 1. The van der Waals surface area contributed by atoms with Crippen molar-refractivity contribution in [3.63, 3.8) is 0 Å². The number of nitrogens with one attached hydrogen (secondary N) is 3. The van der Waals surface area contributed by atoms with Crippen LogP contribution in [0.1, 0.15) is 69.2 Å². The monoisotopic (exact) mass is 635 g/mol. The van der Waals surface area contributed by atoms with E-state index in [4.69, 9.17) is 14.5 Å². The second kappa shape index (κ2) is 14.0. The summed E-state index contributed by atoms with van der Waals surface area (Å²) in [6.45, 7) is 11.5. The molecule has 1 fully saturated rings. The van der Waals surface area contributed by atoms with Gasteiger partial charge in [0.05, 0.1) is 29.1 Å². The SMILES string of the molecule is C=CC[C@@]1(OC(C)=O)CC(=C)CCCC(CC)(C(=O)Nc2ccc(-c3nc4cc(C(=O)Nc5ccccn5)ccc4[nH]3)c(OC)c2)C1. The first-order valence-electron chi connectivity index (χ1n) is 15.8. The van der Waals surface area contributed by atoms with Crippen LogP contribution >= 0.6 is 0 Å². The average molecular weight is 636 g/mol. The zero-order chi connectivity index (χ0) is 33.6. The van der Waals surface area contributed by atoms with Crippen LogP contribution in [-0.2, 0) is 14.3 Å². The van der Waals surface area contributed by atoms with Crippen LogP contribution in [0.3, 0.4) is 0 Å². The van der Waals surface area contributed by atoms with Crippen molar-refractivity contribution in [1.82, 2.24) is 15.0 Å². The van der Waals surface area contributed by atoms with Crippen LogP contribution in [0, 0.1) is 5.41 Å². The lowest BCUT2D eigenvalue weighted by Crippen LogP contribution is -2.47. The molecule has 1 aliphatic carbocycles. The summed E-state index contributed by atoms with van der Waals surface area (Å²) in [5, 5.41) is 5.91. The van der Waals surface area contributed by atoms with Crippen molar-refractivity contribution in [3.05, 3.63) is 91.2 Å². The molecule has 2 heterocycles. The highest BCUT2D eigenvalue weighted by molar-refractivity contribution is 6.05. The van der Waals surface area contributed by atoms with Gasteiger partial charge in [-0.05, 0) is 68.1 Å². The van der Waals surface area contributed by atoms with Crippen LogP contribution in [0.2, 0.25) is 0 Å². The van der Waals surface area contributed by atoms with Crippen LogP contribution in [0.25, 0.3) is 22.4 Å². The first kappa shape index (κ1) is 33.1. The molecule has 2 atom stereocenters. The third-order valence-electron chi connectivity index (χ3n) is 8.82. The van der Waals surface area contributed by atoms with E-state index in [1.807, 2.05) is 19.1 Å². The van der Waals surface area contributed by atoms with Crippen LogP contribution in [0.15, 0.2) is 85.6 Å². The summed E-state index contributed by atoms with van der Waals surface area (Å²) in [5.74, 6) is 0.710. The van der Waals surface area contributed by atoms with E-state index < -0.39 is 11.0 Å². The van der Waals surface area contributed by atoms with Crippen LogP contribution in [0.5, 0.6) is 5.75 Å². The number of aromatic nitrogens is 3. The summed E-state index contributed by atoms with van der Waals surface area (Å²) < 4.78 is 11.7. The van der Waals surface area contributed by atoms with E-state index in [2.05, 4.69) is 33.8 Å². The fourth-order valence-electron chi connectivity index (χ4n) is 6.60. The molecule has 1 aliphatic rings. The lowest BCUT2D eigenvalue weighted by Gasteiger charge is -2.43. The van der Waals surface area contributed by atoms with Crippen molar-refractivity contribution in [2.24, 2.45) is 5.41 Å². The van der Waals surface area contributed by atoms with Crippen LogP contribution in [-0.4, -0.2) is 45.4 Å². The Hall–Kier alpha value is -5.25. The molecule has 0 saturated heterocycles. The highest BCUT2D eigenvalue weighted by Gasteiger charge is 2.47. The van der Waals surface area contributed by atoms with E-state index in [0.29, 0.717) is 71.8 Å². The van der Waals surface area contributed by atoms with Gasteiger partial charge in [-0.1, -0.05) is 31.2 Å². The van der Waals surface area contributed by atoms with Gasteiger partial charge in [-0.3, -0.25) is 14.4 Å². The van der Waals surface area contributed by atoms with Crippen molar-refractivity contribution in [2.75, 3.05) is 17.7 Å². The summed E-state index contributed by atoms with van der Waals surface area (Å²) in [6.07, 6.45) is 7.41. The zero-order valence-corrected chi connectivity index (χ0v) is 27.2. The minimum atomic E-state index is -0.889. The second-order valence-electron chi connectivity index (χ2n) is 12.2. The van der Waals surface area contributed by atoms with Gasteiger partial charge in [0.25, 0.3) is 5.91 Å². The molecule has 2 amide bonds. The number of anilines is 2. The van der Waals surface area contributed by atoms with Gasteiger partial charge < -0.3 is 25.1 Å². The molecular weight excluding hydrogens is 594 g/mol. The van der Waals surface area contributed by atoms with E-state index in [1.54, 1.807) is 61.8 Å². The van der Waals surface area contributed by atoms with Crippen LogP contribution < -0.4 is 15.4 Å². The van der Waals surface area contributed by atoms with Gasteiger partial charge in [0, 0.05) is 49.7 Å². The minimum Gasteiger partial charge on any atom is -0.496 e. The molecule has 0 bridgehead atoms. The van der Waals surface area contributed by atoms with Gasteiger partial charge in [-0.2, -0.15) is 0 Å². The van der Waals surface area contributed by atoms with Crippen molar-refractivity contribution in [1.29, 1.82) is 0 Å². The minimum absolute atomic E-state index is 0.136. The number of imidazole rings is 1. The number of amides is 2. The van der Waals surface area contributed by atoms with E-state index in [9.17, 15) is 14.4 Å². The fraction of sp³-hybridized carbons (Fsp3) is 0.324. The number of ether oxygens (including phenoxy) is 2. The lowest BCUT2D eigenvalue weighted by molar-refractivity contribution is -0.163. The van der Waals surface area contributed by atoms with Crippen molar-refractivity contribution in [3.8, 4) is 17.1 Å². The van der Waals surface area contributed by atoms with Crippen molar-refractivity contribution in [2.45, 2.75) is 64.4 Å². The number of benzene rings is 2. The molecule has 47 heavy (non-hydrogen) atoms. The zero-order valence-electron chi connectivity index (χ0n) is 27.2. The standard InChI is InChI=1S/C37H41N5O5/c1-6-17-37(47-25(4)43)22-24(3)11-10-18-36(7-2,23-37)35(45)39-27-14-15-28(31(21-27)46-5)33-40-29-16-13-26(20-30(29)41-33)34(44)42-32-12-8-9-19-38-32/h6,8-9,12-16,19-21H,1,3,7,10-11,17-18,22-23H2,2,4-5H3,(H,39,45)(H,40,41)(H,38,42,44)/t36?,37-/m1/s1. The number of methoxy groups -OCH3 is 1. The summed E-state index contributed by atoms with van der Waals surface area (Å²) in [4.78, 5) is 51.3. The molecule has 2 aromatic heterocycles. The molecule has 2 aromatic carbocycles. The smallest absolute Gasteiger partial charge is 0.303 e. The molecule has 10 heteroatoms. The van der Waals surface area contributed by atoms with Crippen molar-refractivity contribution < 1.29 is 23.9 Å². The summed E-state index contributed by atoms with van der Waals surface area (Å²) in [6, 6.07) is 16.0. The number of rotatable bonds is 10. The Bertz CT molecular complexity index is 1820. The maximum atomic E-state index is 14.1. The fourth-order valence-corrected chi connectivity index (χ4v) is 6.60. The molecule has 244 valence electrons. The van der Waals surface area contributed by atoms with Gasteiger partial charge in [0.1, 0.15) is 23.0 Å². The van der Waals surface area contributed by atoms with E-state index >= 15 is 0 Å². The average Bonchev–Trinajstić information content (AvgIpc) is 3.47. The van der Waals surface area contributed by atoms with Gasteiger partial charge in [0.15, 0.2) is 0 Å². The number of hydrogen-bond donors (Lipinski definition) is 3. The molecule has 5 rings (SSSR count). The van der Waals surface area contributed by atoms with Gasteiger partial charge >= 0.3 is 5.97 Å². The Balaban J connectivity index is 1.39. The number of fused-ring (bicyclic) bond motifs is 1. The van der Waals surface area contributed by atoms with Crippen LogP contribution in [0.4, 0.5) is 11.5 Å². The molecule has 4 aromatic rings. The van der Waals surface area contributed by atoms with E-state index in [-0.39, 0.29) is 17.8 Å². The number of carbonyl (C=O) groups excluding carboxylic acids is 3. The molecule has 0 aliphatic heterocycles. The molecule has 0 radical (unpaired) electrons. The third kappa shape index (κ3) is 7.43. The van der Waals surface area contributed by atoms with Crippen molar-refractivity contribution >= 4 is 40.3 Å². The number of pyridine rings is 1. The number of hydrogen-bond acceptors (Lipinski definition) is 7. The Morgan fingerprint density at radius 2 is 1.94 bits per heavy atom. The number of aromatic amines is 1. The highest BCUT2D eigenvalue weighted by atomic mass is 16.6. The third-order valence-corrected chi connectivity index (χ3v) is 8.82. The largest absolute Gasteiger partial charge is 0.496 e. The predicted octanol–water partition coefficient (Wildman–Crippen LogP) is 7.62. The van der Waals surface area contributed by atoms with Gasteiger partial charge in [-0.15, -0.1) is 6.58 Å². The number of carbonyl (C=O) groups is 3. The highest BCUT2D eigenvalue weighted by Crippen LogP contribution is 2.47. The molecule has 10 nitrogen and oxygen atoms in total. The quantitative estimate of drug-likeness (QED) is 0.120. The Morgan fingerprint density at radius 1 is 1.11 bits per heavy atom. The first-order valence-corrected chi connectivity index (χ1v) is 15.8. The number of esters is 1. The lowest BCUT2D eigenvalue weighted by atomic mass is 9.66. The molecule has 0 spiro atoms. The second-order valence-corrected chi connectivity index (χ2v) is 12.2. The molecule has 3 N–H and O–H groups in total. The molecule has 1 unspecified atom stereocenters. The van der Waals surface area contributed by atoms with Gasteiger partial charge in [0.2, 0.25) is 5.91 Å². The summed E-state index contributed by atoms with van der Waals surface area (Å²) >= 11 is 0. The number of nitrogens with zero attached hydrogens (tertiary/aromatic N) is 2. The Labute approximate surface area is 274 Å². The normalized spacial score (nSPS) is 19.7. The molecular formula is C37H41N5O5. The maximum absolute atomic E-state index is 14.1. The predicted molar refractivity (Wildman–Crippen MR) is 183 cm³/mol. The Kier molecular flexibility index (Phi) is 9.89. The van der Waals surface area contributed by atoms with Gasteiger partial charge in [-0.25, -0.2) is 9.97 Å². The Morgan fingerprint density at radius 3 is 2.64 bits per heavy atom. The van der Waals surface area contributed by atoms with E-state index in [0.717, 1.165) is 23.9 Å². The van der Waals surface area contributed by atoms with E-state index in [1.165, 1.54) is 6.92 Å². The summed E-state index contributed by atoms with van der Waals surface area (Å²) in [5.41, 5.74) is 2.41. The molecule has 1 saturated carbocycles. The first-order chi connectivity index (χ1) is 22.6. The topological polar surface area (TPSA) is 135 Å². The maximum Gasteiger partial charge on any atom is 0.303 e. The summed E-state index contributed by atoms with van der Waals surface area (Å²) in [7, 11) is 1.56.